The molecule has 122 valence electrons. The molecule has 0 radical (unpaired) electrons. The molecule has 0 spiro atoms. The van der Waals surface area contributed by atoms with Gasteiger partial charge < -0.3 is 5.32 Å². The number of nitrogens with one attached hydrogen (secondary N) is 1. The molecule has 0 fully saturated rings. The normalized spacial score (nSPS) is 10.6. The van der Waals surface area contributed by atoms with Gasteiger partial charge in [-0.25, -0.2) is 0 Å². The van der Waals surface area contributed by atoms with Gasteiger partial charge in [0.1, 0.15) is 0 Å². The van der Waals surface area contributed by atoms with Crippen LogP contribution in [0, 0.1) is 6.92 Å². The summed E-state index contributed by atoms with van der Waals surface area (Å²) < 4.78 is 1.74. The molecule has 2 aromatic carbocycles. The van der Waals surface area contributed by atoms with Crippen LogP contribution in [0.15, 0.2) is 60.8 Å². The monoisotopic (exact) mass is 339 g/mol. The number of benzene rings is 2. The van der Waals surface area contributed by atoms with Gasteiger partial charge in [0.2, 0.25) is 5.91 Å². The third-order valence-electron chi connectivity index (χ3n) is 3.87. The molecule has 0 saturated carbocycles. The second kappa shape index (κ2) is 7.32. The van der Waals surface area contributed by atoms with E-state index in [2.05, 4.69) is 22.5 Å². The maximum absolute atomic E-state index is 12.1. The van der Waals surface area contributed by atoms with Gasteiger partial charge in [-0.3, -0.25) is 9.48 Å². The first-order valence-corrected chi connectivity index (χ1v) is 8.14. The molecule has 0 bridgehead atoms. The zero-order chi connectivity index (χ0) is 16.9. The lowest BCUT2D eigenvalue weighted by molar-refractivity contribution is -0.116. The summed E-state index contributed by atoms with van der Waals surface area (Å²) in [5.41, 5.74) is 3.93. The van der Waals surface area contributed by atoms with E-state index in [1.807, 2.05) is 49.4 Å². The highest BCUT2D eigenvalue weighted by Crippen LogP contribution is 2.21. The fraction of sp³-hybridized carbons (Fsp3) is 0.158. The van der Waals surface area contributed by atoms with Gasteiger partial charge in [-0.15, -0.1) is 0 Å². The van der Waals surface area contributed by atoms with Crippen molar-refractivity contribution in [1.29, 1.82) is 0 Å². The van der Waals surface area contributed by atoms with Crippen molar-refractivity contribution < 1.29 is 4.79 Å². The van der Waals surface area contributed by atoms with Crippen LogP contribution < -0.4 is 5.32 Å². The highest BCUT2D eigenvalue weighted by atomic mass is 35.5. The van der Waals surface area contributed by atoms with Crippen molar-refractivity contribution in [3.8, 4) is 11.1 Å². The van der Waals surface area contributed by atoms with Crippen LogP contribution in [0.3, 0.4) is 0 Å². The van der Waals surface area contributed by atoms with Crippen molar-refractivity contribution in [3.05, 3.63) is 71.5 Å². The second-order valence-corrected chi connectivity index (χ2v) is 5.95. The van der Waals surface area contributed by atoms with Crippen molar-refractivity contribution in [1.82, 2.24) is 9.78 Å². The van der Waals surface area contributed by atoms with Gasteiger partial charge in [0.25, 0.3) is 0 Å². The third-order valence-corrected chi connectivity index (χ3v) is 4.24. The minimum atomic E-state index is -0.0477. The Hall–Kier alpha value is -2.59. The Morgan fingerprint density at radius 1 is 1.08 bits per heavy atom. The van der Waals surface area contributed by atoms with Crippen molar-refractivity contribution in [2.75, 3.05) is 5.32 Å². The molecule has 0 unspecified atom stereocenters. The van der Waals surface area contributed by atoms with E-state index < -0.39 is 0 Å². The summed E-state index contributed by atoms with van der Waals surface area (Å²) in [5, 5.41) is 7.67. The van der Waals surface area contributed by atoms with Crippen LogP contribution in [0.4, 0.5) is 5.69 Å². The number of rotatable bonds is 5. The summed E-state index contributed by atoms with van der Waals surface area (Å²) in [6.45, 7) is 2.39. The van der Waals surface area contributed by atoms with Gasteiger partial charge >= 0.3 is 0 Å². The molecule has 0 aliphatic carbocycles. The van der Waals surface area contributed by atoms with Gasteiger partial charge in [-0.05, 0) is 30.2 Å². The first-order chi connectivity index (χ1) is 11.6. The Kier molecular flexibility index (Phi) is 4.96. The molecule has 1 amide bonds. The number of nitrogens with zero attached hydrogens (tertiary/aromatic N) is 2. The van der Waals surface area contributed by atoms with Gasteiger partial charge in [-0.1, -0.05) is 54.1 Å². The van der Waals surface area contributed by atoms with E-state index in [4.69, 9.17) is 11.6 Å². The van der Waals surface area contributed by atoms with Gasteiger partial charge in [-0.2, -0.15) is 5.10 Å². The molecule has 0 aliphatic heterocycles. The van der Waals surface area contributed by atoms with Crippen molar-refractivity contribution in [2.24, 2.45) is 0 Å². The van der Waals surface area contributed by atoms with E-state index in [0.717, 1.165) is 22.5 Å². The highest BCUT2D eigenvalue weighted by molar-refractivity contribution is 6.31. The summed E-state index contributed by atoms with van der Waals surface area (Å²) in [6.07, 6.45) is 1.94. The smallest absolute Gasteiger partial charge is 0.226 e. The Balaban J connectivity index is 1.57. The van der Waals surface area contributed by atoms with Crippen LogP contribution in [0.1, 0.15) is 12.1 Å². The zero-order valence-electron chi connectivity index (χ0n) is 13.4. The maximum Gasteiger partial charge on any atom is 0.226 e. The van der Waals surface area contributed by atoms with Crippen LogP contribution in [-0.2, 0) is 11.3 Å². The van der Waals surface area contributed by atoms with E-state index in [1.165, 1.54) is 0 Å². The van der Waals surface area contributed by atoms with E-state index in [-0.39, 0.29) is 5.91 Å². The molecule has 1 heterocycles. The number of hydrogen-bond donors (Lipinski definition) is 1. The van der Waals surface area contributed by atoms with Gasteiger partial charge in [0.15, 0.2) is 0 Å². The summed E-state index contributed by atoms with van der Waals surface area (Å²) in [7, 11) is 0. The van der Waals surface area contributed by atoms with Crippen LogP contribution in [0.5, 0.6) is 0 Å². The average molecular weight is 340 g/mol. The lowest BCUT2D eigenvalue weighted by atomic mass is 10.1. The first-order valence-electron chi connectivity index (χ1n) is 7.77. The molecule has 1 N–H and O–H groups in total. The van der Waals surface area contributed by atoms with E-state index in [0.29, 0.717) is 18.0 Å². The van der Waals surface area contributed by atoms with Crippen LogP contribution in [0.25, 0.3) is 11.1 Å². The summed E-state index contributed by atoms with van der Waals surface area (Å²) >= 11 is 5.96. The van der Waals surface area contributed by atoms with E-state index >= 15 is 0 Å². The second-order valence-electron chi connectivity index (χ2n) is 5.54. The number of halogens is 1. The Labute approximate surface area is 146 Å². The van der Waals surface area contributed by atoms with Gasteiger partial charge in [0.05, 0.1) is 23.5 Å². The predicted octanol–water partition coefficient (Wildman–Crippen LogP) is 4.54. The third kappa shape index (κ3) is 3.84. The number of aryl methyl sites for hydroxylation is 1. The topological polar surface area (TPSA) is 46.9 Å². The number of hydrogen-bond acceptors (Lipinski definition) is 2. The molecule has 0 aliphatic rings. The minimum absolute atomic E-state index is 0.0477. The molecule has 3 aromatic rings. The molecular weight excluding hydrogens is 322 g/mol. The quantitative estimate of drug-likeness (QED) is 0.741. The van der Waals surface area contributed by atoms with Gasteiger partial charge in [0, 0.05) is 12.1 Å². The SMILES string of the molecule is Cc1c(Cl)cnn1CCC(=O)Nc1ccc(-c2ccccc2)cc1. The predicted molar refractivity (Wildman–Crippen MR) is 97.1 cm³/mol. The van der Waals surface area contributed by atoms with Crippen LogP contribution in [-0.4, -0.2) is 15.7 Å². The number of carbonyl (C=O) groups is 1. The Bertz CT molecular complexity index is 826. The highest BCUT2D eigenvalue weighted by Gasteiger charge is 2.07. The van der Waals surface area contributed by atoms with Crippen LogP contribution in [0.2, 0.25) is 5.02 Å². The Morgan fingerprint density at radius 2 is 1.75 bits per heavy atom. The fourth-order valence-corrected chi connectivity index (χ4v) is 2.60. The number of aromatic nitrogens is 2. The summed E-state index contributed by atoms with van der Waals surface area (Å²) in [6, 6.07) is 18.0. The van der Waals surface area contributed by atoms with Crippen molar-refractivity contribution >= 4 is 23.2 Å². The standard InChI is InChI=1S/C19H18ClN3O/c1-14-18(20)13-21-23(14)12-11-19(24)22-17-9-7-16(8-10-17)15-5-3-2-4-6-15/h2-10,13H,11-12H2,1H3,(H,22,24). The lowest BCUT2D eigenvalue weighted by Crippen LogP contribution is -2.15. The van der Waals surface area contributed by atoms with E-state index in [9.17, 15) is 4.79 Å². The van der Waals surface area contributed by atoms with Crippen molar-refractivity contribution in [2.45, 2.75) is 19.9 Å². The molecule has 4 nitrogen and oxygen atoms in total. The molecule has 0 atom stereocenters. The van der Waals surface area contributed by atoms with Crippen LogP contribution >= 0.6 is 11.6 Å². The minimum Gasteiger partial charge on any atom is -0.326 e. The molecule has 3 rings (SSSR count). The Morgan fingerprint density at radius 3 is 2.38 bits per heavy atom. The van der Waals surface area contributed by atoms with Crippen molar-refractivity contribution in [3.63, 3.8) is 0 Å². The lowest BCUT2D eigenvalue weighted by Gasteiger charge is -2.08. The fourth-order valence-electron chi connectivity index (χ4n) is 2.46. The first kappa shape index (κ1) is 16.3. The maximum atomic E-state index is 12.1. The molecular formula is C19H18ClN3O. The van der Waals surface area contributed by atoms with E-state index in [1.54, 1.807) is 10.9 Å². The molecule has 1 aromatic heterocycles. The zero-order valence-corrected chi connectivity index (χ0v) is 14.1. The summed E-state index contributed by atoms with van der Waals surface area (Å²) in [4.78, 5) is 12.1. The summed E-state index contributed by atoms with van der Waals surface area (Å²) in [5.74, 6) is -0.0477. The molecule has 5 heteroatoms. The average Bonchev–Trinajstić information content (AvgIpc) is 2.93. The number of anilines is 1. The molecule has 24 heavy (non-hydrogen) atoms. The largest absolute Gasteiger partial charge is 0.326 e. The molecule has 0 saturated heterocycles. The number of amides is 1. The number of carbonyl (C=O) groups excluding carboxylic acids is 1.